The van der Waals surface area contributed by atoms with E-state index in [9.17, 15) is 9.90 Å². The van der Waals surface area contributed by atoms with Gasteiger partial charge in [0, 0.05) is 31.4 Å². The highest BCUT2D eigenvalue weighted by Crippen LogP contribution is 2.27. The molecule has 2 N–H and O–H groups in total. The molecule has 0 heterocycles. The monoisotopic (exact) mass is 300 g/mol. The van der Waals surface area contributed by atoms with E-state index in [0.717, 1.165) is 5.69 Å². The summed E-state index contributed by atoms with van der Waals surface area (Å²) in [7, 11) is 3.40. The normalized spacial score (nSPS) is 12.1. The average molecular weight is 301 g/mol. The summed E-state index contributed by atoms with van der Waals surface area (Å²) in [6, 6.07) is 5.34. The summed E-state index contributed by atoms with van der Waals surface area (Å²) < 4.78 is 4.86. The van der Waals surface area contributed by atoms with E-state index in [1.54, 1.807) is 31.1 Å². The summed E-state index contributed by atoms with van der Waals surface area (Å²) in [4.78, 5) is 13.5. The van der Waals surface area contributed by atoms with E-state index < -0.39 is 6.10 Å². The zero-order valence-electron chi connectivity index (χ0n) is 12.0. The van der Waals surface area contributed by atoms with Crippen molar-refractivity contribution in [2.75, 3.05) is 38.8 Å². The lowest BCUT2D eigenvalue weighted by molar-refractivity contribution is -0.119. The van der Waals surface area contributed by atoms with Gasteiger partial charge in [0.25, 0.3) is 0 Å². The Kier molecular flexibility index (Phi) is 6.78. The largest absolute Gasteiger partial charge is 0.389 e. The topological polar surface area (TPSA) is 61.8 Å². The first-order valence-corrected chi connectivity index (χ1v) is 6.77. The second-order valence-electron chi connectivity index (χ2n) is 4.58. The summed E-state index contributed by atoms with van der Waals surface area (Å²) in [6.45, 7) is 2.87. The van der Waals surface area contributed by atoms with Crippen molar-refractivity contribution in [2.24, 2.45) is 0 Å². The van der Waals surface area contributed by atoms with Gasteiger partial charge < -0.3 is 20.1 Å². The number of hydrogen-bond donors (Lipinski definition) is 2. The van der Waals surface area contributed by atoms with Gasteiger partial charge in [0.2, 0.25) is 5.91 Å². The highest BCUT2D eigenvalue weighted by molar-refractivity contribution is 6.31. The number of nitrogens with one attached hydrogen (secondary N) is 1. The predicted octanol–water partition coefficient (Wildman–Crippen LogP) is 1.59. The van der Waals surface area contributed by atoms with Crippen LogP contribution in [0.5, 0.6) is 0 Å². The zero-order valence-corrected chi connectivity index (χ0v) is 12.8. The summed E-state index contributed by atoms with van der Waals surface area (Å²) in [6.07, 6.45) is -0.612. The van der Waals surface area contributed by atoms with Gasteiger partial charge in [-0.05, 0) is 24.6 Å². The summed E-state index contributed by atoms with van der Waals surface area (Å²) in [5, 5.41) is 12.8. The molecule has 1 atom stereocenters. The van der Waals surface area contributed by atoms with E-state index in [-0.39, 0.29) is 12.5 Å². The molecule has 1 aromatic carbocycles. The minimum Gasteiger partial charge on any atom is -0.389 e. The first kappa shape index (κ1) is 16.8. The number of anilines is 1. The van der Waals surface area contributed by atoms with Crippen LogP contribution in [0.15, 0.2) is 18.2 Å². The highest BCUT2D eigenvalue weighted by Gasteiger charge is 2.11. The fourth-order valence-electron chi connectivity index (χ4n) is 1.75. The number of nitrogens with zero attached hydrogens (tertiary/aromatic N) is 1. The Bertz CT molecular complexity index is 452. The fraction of sp³-hybridized carbons (Fsp3) is 0.500. The number of aliphatic hydroxyl groups is 1. The van der Waals surface area contributed by atoms with Crippen molar-refractivity contribution in [1.29, 1.82) is 0 Å². The van der Waals surface area contributed by atoms with Crippen LogP contribution in [0.1, 0.15) is 18.6 Å². The van der Waals surface area contributed by atoms with Crippen LogP contribution in [-0.4, -0.2) is 44.9 Å². The maximum atomic E-state index is 11.7. The molecule has 5 nitrogen and oxygen atoms in total. The third-order valence-electron chi connectivity index (χ3n) is 2.88. The third kappa shape index (κ3) is 5.00. The second-order valence-corrected chi connectivity index (χ2v) is 4.99. The molecule has 0 fully saturated rings. The van der Waals surface area contributed by atoms with Crippen molar-refractivity contribution in [1.82, 2.24) is 5.32 Å². The Morgan fingerprint density at radius 2 is 2.25 bits per heavy atom. The summed E-state index contributed by atoms with van der Waals surface area (Å²) in [5.74, 6) is -0.0831. The number of amides is 1. The molecule has 0 spiro atoms. The Labute approximate surface area is 124 Å². The lowest BCUT2D eigenvalue weighted by Crippen LogP contribution is -2.36. The molecule has 0 aliphatic heterocycles. The molecular formula is C14H21ClN2O3. The summed E-state index contributed by atoms with van der Waals surface area (Å²) >= 11 is 6.10. The van der Waals surface area contributed by atoms with E-state index in [1.807, 2.05) is 13.1 Å². The highest BCUT2D eigenvalue weighted by atomic mass is 35.5. The van der Waals surface area contributed by atoms with Crippen LogP contribution in [0, 0.1) is 0 Å². The van der Waals surface area contributed by atoms with Gasteiger partial charge in [-0.2, -0.15) is 0 Å². The maximum Gasteiger partial charge on any atom is 0.239 e. The molecule has 1 unspecified atom stereocenters. The van der Waals surface area contributed by atoms with E-state index in [1.165, 1.54) is 0 Å². The number of rotatable bonds is 7. The molecule has 0 saturated carbocycles. The van der Waals surface area contributed by atoms with Crippen LogP contribution >= 0.6 is 11.6 Å². The van der Waals surface area contributed by atoms with Gasteiger partial charge in [-0.15, -0.1) is 0 Å². The average Bonchev–Trinajstić information content (AvgIpc) is 2.38. The third-order valence-corrected chi connectivity index (χ3v) is 3.21. The number of halogens is 1. The van der Waals surface area contributed by atoms with Crippen molar-refractivity contribution < 1.29 is 14.6 Å². The minimum absolute atomic E-state index is 0.0831. The molecular weight excluding hydrogens is 280 g/mol. The molecule has 6 heteroatoms. The molecule has 0 bridgehead atoms. The standard InChI is InChI=1S/C14H21ClN2O3/c1-10(18)12-5-4-11(8-13(12)15)17(2)9-14(19)16-6-7-20-3/h4-5,8,10,18H,6-7,9H2,1-3H3,(H,16,19). The number of aliphatic hydroxyl groups excluding tert-OH is 1. The van der Waals surface area contributed by atoms with Gasteiger partial charge in [0.1, 0.15) is 0 Å². The van der Waals surface area contributed by atoms with Crippen molar-refractivity contribution in [2.45, 2.75) is 13.0 Å². The van der Waals surface area contributed by atoms with Crippen LogP contribution in [0.3, 0.4) is 0 Å². The van der Waals surface area contributed by atoms with Crippen LogP contribution in [0.4, 0.5) is 5.69 Å². The minimum atomic E-state index is -0.612. The predicted molar refractivity (Wildman–Crippen MR) is 80.2 cm³/mol. The van der Waals surface area contributed by atoms with Gasteiger partial charge >= 0.3 is 0 Å². The molecule has 0 aliphatic carbocycles. The van der Waals surface area contributed by atoms with E-state index in [2.05, 4.69) is 5.32 Å². The molecule has 112 valence electrons. The van der Waals surface area contributed by atoms with Crippen LogP contribution in [0.2, 0.25) is 5.02 Å². The first-order valence-electron chi connectivity index (χ1n) is 6.40. The Hall–Kier alpha value is -1.30. The number of ether oxygens (including phenoxy) is 1. The SMILES string of the molecule is COCCNC(=O)CN(C)c1ccc(C(C)O)c(Cl)c1. The van der Waals surface area contributed by atoms with E-state index in [0.29, 0.717) is 23.7 Å². The lowest BCUT2D eigenvalue weighted by atomic mass is 10.1. The first-order chi connectivity index (χ1) is 9.45. The molecule has 0 aromatic heterocycles. The zero-order chi connectivity index (χ0) is 15.1. The molecule has 1 rings (SSSR count). The van der Waals surface area contributed by atoms with Crippen LogP contribution in [-0.2, 0) is 9.53 Å². The van der Waals surface area contributed by atoms with Gasteiger partial charge in [-0.3, -0.25) is 4.79 Å². The lowest BCUT2D eigenvalue weighted by Gasteiger charge is -2.20. The van der Waals surface area contributed by atoms with E-state index in [4.69, 9.17) is 16.3 Å². The van der Waals surface area contributed by atoms with Gasteiger partial charge in [-0.1, -0.05) is 17.7 Å². The number of hydrogen-bond acceptors (Lipinski definition) is 4. The number of benzene rings is 1. The Morgan fingerprint density at radius 3 is 2.80 bits per heavy atom. The number of carbonyl (C=O) groups excluding carboxylic acids is 1. The van der Waals surface area contributed by atoms with Crippen LogP contribution < -0.4 is 10.2 Å². The molecule has 0 radical (unpaired) electrons. The quantitative estimate of drug-likeness (QED) is 0.751. The molecule has 1 aromatic rings. The molecule has 1 amide bonds. The van der Waals surface area contributed by atoms with Crippen LogP contribution in [0.25, 0.3) is 0 Å². The number of carbonyl (C=O) groups is 1. The fourth-order valence-corrected chi connectivity index (χ4v) is 2.08. The Morgan fingerprint density at radius 1 is 1.55 bits per heavy atom. The number of methoxy groups -OCH3 is 1. The van der Waals surface area contributed by atoms with Crippen molar-refractivity contribution >= 4 is 23.2 Å². The summed E-state index contributed by atoms with van der Waals surface area (Å²) in [5.41, 5.74) is 1.50. The van der Waals surface area contributed by atoms with Crippen molar-refractivity contribution in [3.8, 4) is 0 Å². The second kappa shape index (κ2) is 8.09. The molecule has 0 saturated heterocycles. The maximum absolute atomic E-state index is 11.7. The van der Waals surface area contributed by atoms with Crippen molar-refractivity contribution in [3.63, 3.8) is 0 Å². The van der Waals surface area contributed by atoms with Gasteiger partial charge in [-0.25, -0.2) is 0 Å². The molecule has 0 aliphatic rings. The smallest absolute Gasteiger partial charge is 0.239 e. The van der Waals surface area contributed by atoms with Gasteiger partial charge in [0.15, 0.2) is 0 Å². The van der Waals surface area contributed by atoms with Crippen molar-refractivity contribution in [3.05, 3.63) is 28.8 Å². The Balaban J connectivity index is 2.61. The van der Waals surface area contributed by atoms with E-state index >= 15 is 0 Å². The van der Waals surface area contributed by atoms with Gasteiger partial charge in [0.05, 0.1) is 19.3 Å². The number of likely N-dealkylation sites (N-methyl/N-ethyl adjacent to an activating group) is 1. The molecule has 20 heavy (non-hydrogen) atoms.